The molecule has 0 saturated carbocycles. The molecule has 6 nitrogen and oxygen atoms in total. The number of aliphatic hydroxyl groups excluding tert-OH is 1. The molecule has 110 valence electrons. The Balaban J connectivity index is 3.43. The van der Waals surface area contributed by atoms with Gasteiger partial charge in [0.25, 0.3) is 0 Å². The maximum Gasteiger partial charge on any atom is 0.339 e. The summed E-state index contributed by atoms with van der Waals surface area (Å²) in [6.45, 7) is 1.77. The topological polar surface area (TPSA) is 82.1 Å². The van der Waals surface area contributed by atoms with Crippen LogP contribution < -0.4 is 9.47 Å². The largest absolute Gasteiger partial charge is 0.492 e. The van der Waals surface area contributed by atoms with Crippen molar-refractivity contribution in [2.24, 2.45) is 0 Å². The number of rotatable bonds is 6. The number of hydrogen-bond acceptors (Lipinski definition) is 6. The average molecular weight is 347 g/mol. The summed E-state index contributed by atoms with van der Waals surface area (Å²) in [5.74, 6) is -0.563. The Labute approximate surface area is 124 Å². The minimum Gasteiger partial charge on any atom is -0.492 e. The van der Waals surface area contributed by atoms with Crippen molar-refractivity contribution in [1.29, 1.82) is 0 Å². The lowest BCUT2D eigenvalue weighted by atomic mass is 10.0. The van der Waals surface area contributed by atoms with Crippen molar-refractivity contribution in [2.45, 2.75) is 13.0 Å². The first-order valence-electron chi connectivity index (χ1n) is 5.76. The van der Waals surface area contributed by atoms with Gasteiger partial charge in [0.1, 0.15) is 0 Å². The zero-order chi connectivity index (χ0) is 15.3. The highest BCUT2D eigenvalue weighted by atomic mass is 79.9. The number of aliphatic hydroxyl groups is 1. The standard InChI is InChI=1S/C13H15BrO6/c1-4-20-13(17)10(16)7-5-9(14)8(6-15)12(19-3)11(7)18-2/h5-6,10,16H,4H2,1-3H3. The van der Waals surface area contributed by atoms with Gasteiger partial charge in [-0.2, -0.15) is 0 Å². The van der Waals surface area contributed by atoms with Gasteiger partial charge in [-0.3, -0.25) is 4.79 Å². The van der Waals surface area contributed by atoms with Crippen molar-refractivity contribution < 1.29 is 28.9 Å². The Morgan fingerprint density at radius 3 is 2.45 bits per heavy atom. The molecule has 1 unspecified atom stereocenters. The Morgan fingerprint density at radius 2 is 2.00 bits per heavy atom. The SMILES string of the molecule is CCOC(=O)C(O)c1cc(Br)c(C=O)c(OC)c1OC. The molecule has 0 aliphatic rings. The van der Waals surface area contributed by atoms with E-state index in [1.54, 1.807) is 6.92 Å². The van der Waals surface area contributed by atoms with E-state index in [-0.39, 0.29) is 29.2 Å². The summed E-state index contributed by atoms with van der Waals surface area (Å²) >= 11 is 3.19. The van der Waals surface area contributed by atoms with Crippen LogP contribution in [0.25, 0.3) is 0 Å². The maximum absolute atomic E-state index is 11.6. The number of halogens is 1. The lowest BCUT2D eigenvalue weighted by Gasteiger charge is -2.18. The molecule has 0 spiro atoms. The van der Waals surface area contributed by atoms with Gasteiger partial charge < -0.3 is 19.3 Å². The van der Waals surface area contributed by atoms with Crippen LogP contribution in [0.4, 0.5) is 0 Å². The molecular weight excluding hydrogens is 332 g/mol. The molecule has 1 N–H and O–H groups in total. The molecule has 1 aromatic carbocycles. The van der Waals surface area contributed by atoms with Gasteiger partial charge in [0, 0.05) is 10.0 Å². The van der Waals surface area contributed by atoms with E-state index < -0.39 is 12.1 Å². The van der Waals surface area contributed by atoms with Crippen molar-refractivity contribution in [3.8, 4) is 11.5 Å². The van der Waals surface area contributed by atoms with Gasteiger partial charge in [-0.25, -0.2) is 4.79 Å². The first-order chi connectivity index (χ1) is 9.51. The highest BCUT2D eigenvalue weighted by Crippen LogP contribution is 2.41. The Bertz CT molecular complexity index is 514. The number of esters is 1. The normalized spacial score (nSPS) is 11.7. The number of carbonyl (C=O) groups excluding carboxylic acids is 2. The van der Waals surface area contributed by atoms with Crippen LogP contribution in [-0.4, -0.2) is 38.2 Å². The second-order valence-corrected chi connectivity index (χ2v) is 4.55. The monoisotopic (exact) mass is 346 g/mol. The van der Waals surface area contributed by atoms with Gasteiger partial charge in [-0.15, -0.1) is 0 Å². The number of aldehydes is 1. The van der Waals surface area contributed by atoms with Crippen molar-refractivity contribution >= 4 is 28.2 Å². The number of benzene rings is 1. The average Bonchev–Trinajstić information content (AvgIpc) is 2.45. The van der Waals surface area contributed by atoms with E-state index in [0.29, 0.717) is 10.8 Å². The lowest BCUT2D eigenvalue weighted by Crippen LogP contribution is -2.17. The van der Waals surface area contributed by atoms with Crippen molar-refractivity contribution in [2.75, 3.05) is 20.8 Å². The minimum absolute atomic E-state index is 0.110. The summed E-state index contributed by atoms with van der Waals surface area (Å²) in [5.41, 5.74) is 0.379. The fraction of sp³-hybridized carbons (Fsp3) is 0.385. The molecule has 0 saturated heterocycles. The van der Waals surface area contributed by atoms with Crippen LogP contribution in [0, 0.1) is 0 Å². The van der Waals surface area contributed by atoms with Gasteiger partial charge in [-0.05, 0) is 28.9 Å². The van der Waals surface area contributed by atoms with E-state index in [1.165, 1.54) is 20.3 Å². The van der Waals surface area contributed by atoms with E-state index in [0.717, 1.165) is 0 Å². The summed E-state index contributed by atoms with van der Waals surface area (Å²) in [4.78, 5) is 22.7. The maximum atomic E-state index is 11.6. The smallest absolute Gasteiger partial charge is 0.339 e. The molecule has 7 heteroatoms. The van der Waals surface area contributed by atoms with E-state index in [9.17, 15) is 14.7 Å². The third kappa shape index (κ3) is 3.10. The number of ether oxygens (including phenoxy) is 3. The van der Waals surface area contributed by atoms with Crippen LogP contribution in [0.5, 0.6) is 11.5 Å². The lowest BCUT2D eigenvalue weighted by molar-refractivity contribution is -0.153. The summed E-state index contributed by atoms with van der Waals surface area (Å²) in [5, 5.41) is 10.0. The van der Waals surface area contributed by atoms with Crippen LogP contribution in [0.2, 0.25) is 0 Å². The molecule has 20 heavy (non-hydrogen) atoms. The number of carbonyl (C=O) groups is 2. The van der Waals surface area contributed by atoms with Crippen LogP contribution in [-0.2, 0) is 9.53 Å². The van der Waals surface area contributed by atoms with Crippen molar-refractivity contribution in [1.82, 2.24) is 0 Å². The van der Waals surface area contributed by atoms with E-state index >= 15 is 0 Å². The molecule has 1 aromatic rings. The third-order valence-corrected chi connectivity index (χ3v) is 3.24. The van der Waals surface area contributed by atoms with Gasteiger partial charge >= 0.3 is 5.97 Å². The molecule has 0 aromatic heterocycles. The van der Waals surface area contributed by atoms with Gasteiger partial charge in [-0.1, -0.05) is 0 Å². The number of hydrogen-bond donors (Lipinski definition) is 1. The second kappa shape index (κ2) is 7.25. The Hall–Kier alpha value is -1.60. The quantitative estimate of drug-likeness (QED) is 0.625. The van der Waals surface area contributed by atoms with Crippen molar-refractivity contribution in [3.05, 3.63) is 21.7 Å². The summed E-state index contributed by atoms with van der Waals surface area (Å²) in [7, 11) is 2.71. The molecule has 0 amide bonds. The molecule has 0 aliphatic carbocycles. The molecule has 0 fully saturated rings. The molecule has 1 atom stereocenters. The fourth-order valence-electron chi connectivity index (χ4n) is 1.72. The predicted octanol–water partition coefficient (Wildman–Crippen LogP) is 1.88. The van der Waals surface area contributed by atoms with Gasteiger partial charge in [0.15, 0.2) is 23.9 Å². The Morgan fingerprint density at radius 1 is 1.40 bits per heavy atom. The molecule has 0 aliphatic heterocycles. The number of methoxy groups -OCH3 is 2. The zero-order valence-electron chi connectivity index (χ0n) is 11.3. The van der Waals surface area contributed by atoms with Crippen LogP contribution in [0.1, 0.15) is 28.9 Å². The Kier molecular flexibility index (Phi) is 5.97. The second-order valence-electron chi connectivity index (χ2n) is 3.70. The molecular formula is C13H15BrO6. The van der Waals surface area contributed by atoms with Crippen LogP contribution in [0.15, 0.2) is 10.5 Å². The van der Waals surface area contributed by atoms with Crippen LogP contribution >= 0.6 is 15.9 Å². The van der Waals surface area contributed by atoms with E-state index in [4.69, 9.17) is 14.2 Å². The molecule has 1 rings (SSSR count). The first-order valence-corrected chi connectivity index (χ1v) is 6.55. The van der Waals surface area contributed by atoms with E-state index in [1.807, 2.05) is 0 Å². The van der Waals surface area contributed by atoms with E-state index in [2.05, 4.69) is 15.9 Å². The van der Waals surface area contributed by atoms with Crippen molar-refractivity contribution in [3.63, 3.8) is 0 Å². The molecule has 0 heterocycles. The molecule has 0 bridgehead atoms. The molecule has 0 radical (unpaired) electrons. The van der Waals surface area contributed by atoms with Crippen LogP contribution in [0.3, 0.4) is 0 Å². The fourth-order valence-corrected chi connectivity index (χ4v) is 2.24. The summed E-state index contributed by atoms with van der Waals surface area (Å²) < 4.78 is 15.4. The van der Waals surface area contributed by atoms with Gasteiger partial charge in [0.05, 0.1) is 26.4 Å². The summed E-state index contributed by atoms with van der Waals surface area (Å²) in [6.07, 6.45) is -0.942. The highest BCUT2D eigenvalue weighted by molar-refractivity contribution is 9.10. The highest BCUT2D eigenvalue weighted by Gasteiger charge is 2.27. The first kappa shape index (κ1) is 16.5. The van der Waals surface area contributed by atoms with Gasteiger partial charge in [0.2, 0.25) is 0 Å². The predicted molar refractivity (Wildman–Crippen MR) is 74.2 cm³/mol. The minimum atomic E-state index is -1.53. The summed E-state index contributed by atoms with van der Waals surface area (Å²) in [6, 6.07) is 1.42. The third-order valence-electron chi connectivity index (χ3n) is 2.58. The zero-order valence-corrected chi connectivity index (χ0v) is 12.9.